The van der Waals surface area contributed by atoms with Crippen molar-refractivity contribution in [3.8, 4) is 17.0 Å². The lowest BCUT2D eigenvalue weighted by Crippen LogP contribution is -2.27. The summed E-state index contributed by atoms with van der Waals surface area (Å²) in [5.41, 5.74) is 4.94. The lowest BCUT2D eigenvalue weighted by molar-refractivity contribution is 0.242. The highest BCUT2D eigenvalue weighted by Crippen LogP contribution is 2.33. The van der Waals surface area contributed by atoms with Crippen LogP contribution in [0.25, 0.3) is 11.3 Å². The van der Waals surface area contributed by atoms with Gasteiger partial charge in [-0.15, -0.1) is 0 Å². The normalized spacial score (nSPS) is 17.9. The summed E-state index contributed by atoms with van der Waals surface area (Å²) < 4.78 is 7.82. The van der Waals surface area contributed by atoms with Gasteiger partial charge in [-0.1, -0.05) is 12.1 Å². The third kappa shape index (κ3) is 2.68. The topological polar surface area (TPSA) is 39.1 Å². The van der Waals surface area contributed by atoms with Gasteiger partial charge in [-0.3, -0.25) is 4.68 Å². The number of nitrogens with zero attached hydrogens (tertiary/aromatic N) is 2. The van der Waals surface area contributed by atoms with E-state index in [-0.39, 0.29) is 6.10 Å². The highest BCUT2D eigenvalue weighted by molar-refractivity contribution is 5.67. The Kier molecular flexibility index (Phi) is 3.72. The number of fused-ring (bicyclic) bond motifs is 1. The first-order valence-electron chi connectivity index (χ1n) is 7.62. The van der Waals surface area contributed by atoms with Gasteiger partial charge in [0.2, 0.25) is 0 Å². The molecule has 3 rings (SSSR count). The van der Waals surface area contributed by atoms with Gasteiger partial charge in [0.15, 0.2) is 0 Å². The van der Waals surface area contributed by atoms with Gasteiger partial charge in [-0.05, 0) is 45.9 Å². The highest BCUT2D eigenvalue weighted by Gasteiger charge is 2.24. The zero-order chi connectivity index (χ0) is 15.0. The molecule has 0 radical (unpaired) electrons. The number of ether oxygens (including phenoxy) is 1. The lowest BCUT2D eigenvalue weighted by Gasteiger charge is -2.19. The van der Waals surface area contributed by atoms with Crippen molar-refractivity contribution in [3.63, 3.8) is 0 Å². The Bertz CT molecular complexity index is 645. The maximum atomic E-state index is 5.82. The molecule has 0 spiro atoms. The van der Waals surface area contributed by atoms with Gasteiger partial charge >= 0.3 is 0 Å². The molecular weight excluding hydrogens is 262 g/mol. The Balaban J connectivity index is 2.05. The molecule has 2 aromatic rings. The summed E-state index contributed by atoms with van der Waals surface area (Å²) in [6.45, 7) is 7.28. The number of aromatic nitrogens is 2. The van der Waals surface area contributed by atoms with Crippen molar-refractivity contribution in [2.75, 3.05) is 6.54 Å². The minimum Gasteiger partial charge on any atom is -0.491 e. The molecule has 1 N–H and O–H groups in total. The predicted molar refractivity (Wildman–Crippen MR) is 84.5 cm³/mol. The van der Waals surface area contributed by atoms with Crippen LogP contribution in [0, 0.1) is 0 Å². The number of rotatable bonds is 3. The van der Waals surface area contributed by atoms with Crippen LogP contribution in [0.3, 0.4) is 0 Å². The van der Waals surface area contributed by atoms with Crippen LogP contribution in [0.2, 0.25) is 0 Å². The molecule has 0 saturated carbocycles. The molecular formula is C17H23N3O. The van der Waals surface area contributed by atoms with Crippen molar-refractivity contribution < 1.29 is 4.74 Å². The summed E-state index contributed by atoms with van der Waals surface area (Å²) in [5.74, 6) is 0.916. The van der Waals surface area contributed by atoms with Crippen molar-refractivity contribution in [1.29, 1.82) is 0 Å². The van der Waals surface area contributed by atoms with Gasteiger partial charge in [0.05, 0.1) is 17.5 Å². The molecule has 1 atom stereocenters. The molecule has 2 heterocycles. The third-order valence-corrected chi connectivity index (χ3v) is 3.89. The molecule has 0 fully saturated rings. The summed E-state index contributed by atoms with van der Waals surface area (Å²) in [5, 5.41) is 8.18. The molecule has 1 aromatic carbocycles. The van der Waals surface area contributed by atoms with Crippen LogP contribution in [0.5, 0.6) is 5.75 Å². The van der Waals surface area contributed by atoms with E-state index in [2.05, 4.69) is 30.4 Å². The van der Waals surface area contributed by atoms with E-state index in [1.54, 1.807) is 0 Å². The molecule has 1 unspecified atom stereocenters. The molecule has 4 heteroatoms. The SMILES string of the molecule is CC(C)Oc1cccc(-c2c3c(nn2C)C(C)NCC3)c1. The first-order chi connectivity index (χ1) is 10.1. The van der Waals surface area contributed by atoms with Crippen LogP contribution in [-0.2, 0) is 13.5 Å². The summed E-state index contributed by atoms with van der Waals surface area (Å²) in [7, 11) is 2.02. The summed E-state index contributed by atoms with van der Waals surface area (Å²) >= 11 is 0. The van der Waals surface area contributed by atoms with Crippen molar-refractivity contribution in [2.45, 2.75) is 39.3 Å². The Labute approximate surface area is 126 Å². The zero-order valence-electron chi connectivity index (χ0n) is 13.2. The summed E-state index contributed by atoms with van der Waals surface area (Å²) in [4.78, 5) is 0. The zero-order valence-corrected chi connectivity index (χ0v) is 13.2. The van der Waals surface area contributed by atoms with Crippen LogP contribution in [0.15, 0.2) is 24.3 Å². The fourth-order valence-corrected chi connectivity index (χ4v) is 3.04. The third-order valence-electron chi connectivity index (χ3n) is 3.89. The van der Waals surface area contributed by atoms with E-state index < -0.39 is 0 Å². The maximum absolute atomic E-state index is 5.82. The second kappa shape index (κ2) is 5.53. The van der Waals surface area contributed by atoms with E-state index in [1.807, 2.05) is 31.6 Å². The van der Waals surface area contributed by atoms with Gasteiger partial charge in [-0.25, -0.2) is 0 Å². The smallest absolute Gasteiger partial charge is 0.120 e. The Hall–Kier alpha value is -1.81. The van der Waals surface area contributed by atoms with Crippen molar-refractivity contribution in [1.82, 2.24) is 15.1 Å². The quantitative estimate of drug-likeness (QED) is 0.942. The molecule has 1 aromatic heterocycles. The molecule has 1 aliphatic rings. The highest BCUT2D eigenvalue weighted by atomic mass is 16.5. The fourth-order valence-electron chi connectivity index (χ4n) is 3.04. The lowest BCUT2D eigenvalue weighted by atomic mass is 9.97. The fraction of sp³-hybridized carbons (Fsp3) is 0.471. The number of aryl methyl sites for hydroxylation is 1. The van der Waals surface area contributed by atoms with Crippen LogP contribution in [-0.4, -0.2) is 22.4 Å². The molecule has 21 heavy (non-hydrogen) atoms. The number of nitrogens with one attached hydrogen (secondary N) is 1. The van der Waals surface area contributed by atoms with Gasteiger partial charge in [0.1, 0.15) is 5.75 Å². The predicted octanol–water partition coefficient (Wildman–Crippen LogP) is 3.08. The van der Waals surface area contributed by atoms with Gasteiger partial charge in [-0.2, -0.15) is 5.10 Å². The van der Waals surface area contributed by atoms with E-state index >= 15 is 0 Å². The molecule has 0 bridgehead atoms. The van der Waals surface area contributed by atoms with E-state index in [0.717, 1.165) is 18.7 Å². The van der Waals surface area contributed by atoms with E-state index in [9.17, 15) is 0 Å². The van der Waals surface area contributed by atoms with Crippen molar-refractivity contribution >= 4 is 0 Å². The largest absolute Gasteiger partial charge is 0.491 e. The molecule has 0 aliphatic carbocycles. The number of benzene rings is 1. The van der Waals surface area contributed by atoms with Crippen molar-refractivity contribution in [2.24, 2.45) is 7.05 Å². The van der Waals surface area contributed by atoms with Gasteiger partial charge in [0, 0.05) is 24.2 Å². The van der Waals surface area contributed by atoms with Crippen LogP contribution in [0.4, 0.5) is 0 Å². The van der Waals surface area contributed by atoms with E-state index in [4.69, 9.17) is 9.84 Å². The van der Waals surface area contributed by atoms with Crippen LogP contribution >= 0.6 is 0 Å². The monoisotopic (exact) mass is 285 g/mol. The van der Waals surface area contributed by atoms with Crippen LogP contribution < -0.4 is 10.1 Å². The Morgan fingerprint density at radius 3 is 2.95 bits per heavy atom. The van der Waals surface area contributed by atoms with E-state index in [1.165, 1.54) is 22.5 Å². The first kappa shape index (κ1) is 14.1. The first-order valence-corrected chi connectivity index (χ1v) is 7.62. The molecule has 4 nitrogen and oxygen atoms in total. The average Bonchev–Trinajstić information content (AvgIpc) is 2.76. The van der Waals surface area contributed by atoms with Crippen molar-refractivity contribution in [3.05, 3.63) is 35.5 Å². The van der Waals surface area contributed by atoms with E-state index in [0.29, 0.717) is 6.04 Å². The average molecular weight is 285 g/mol. The minimum absolute atomic E-state index is 0.185. The molecule has 0 saturated heterocycles. The minimum atomic E-state index is 0.185. The second-order valence-corrected chi connectivity index (χ2v) is 5.96. The van der Waals surface area contributed by atoms with Gasteiger partial charge < -0.3 is 10.1 Å². The maximum Gasteiger partial charge on any atom is 0.120 e. The standard InChI is InChI=1S/C17H23N3O/c1-11(2)21-14-7-5-6-13(10-14)17-15-8-9-18-12(3)16(15)19-20(17)4/h5-7,10-12,18H,8-9H2,1-4H3. The molecule has 1 aliphatic heterocycles. The van der Waals surface area contributed by atoms with Gasteiger partial charge in [0.25, 0.3) is 0 Å². The van der Waals surface area contributed by atoms with Crippen LogP contribution in [0.1, 0.15) is 38.1 Å². The molecule has 112 valence electrons. The summed E-state index contributed by atoms with van der Waals surface area (Å²) in [6, 6.07) is 8.64. The Morgan fingerprint density at radius 1 is 1.38 bits per heavy atom. The number of hydrogen-bond acceptors (Lipinski definition) is 3. The number of hydrogen-bond donors (Lipinski definition) is 1. The second-order valence-electron chi connectivity index (χ2n) is 5.96. The summed E-state index contributed by atoms with van der Waals surface area (Å²) in [6.07, 6.45) is 1.21. The molecule has 0 amide bonds. The Morgan fingerprint density at radius 2 is 2.19 bits per heavy atom.